The lowest BCUT2D eigenvalue weighted by atomic mass is 10.1. The smallest absolute Gasteiger partial charge is 0.300 e. The molecule has 0 N–H and O–H groups in total. The maximum Gasteiger partial charge on any atom is 0.300 e. The minimum Gasteiger partial charge on any atom is -0.494 e. The van der Waals surface area contributed by atoms with Gasteiger partial charge in [0.05, 0.1) is 11.6 Å². The highest BCUT2D eigenvalue weighted by molar-refractivity contribution is 9.10. The Balaban J connectivity index is 3.47. The van der Waals surface area contributed by atoms with Crippen LogP contribution in [0.1, 0.15) is 10.4 Å². The zero-order valence-corrected chi connectivity index (χ0v) is 9.45. The fourth-order valence-electron chi connectivity index (χ4n) is 1.05. The maximum atomic E-state index is 13.4. The van der Waals surface area contributed by atoms with Gasteiger partial charge in [-0.2, -0.15) is 0 Å². The quantitative estimate of drug-likeness (QED) is 0.487. The first kappa shape index (κ1) is 13.0. The van der Waals surface area contributed by atoms with Gasteiger partial charge in [0.2, 0.25) is 5.78 Å². The molecule has 1 aromatic rings. The van der Waals surface area contributed by atoms with E-state index in [1.807, 2.05) is 0 Å². The van der Waals surface area contributed by atoms with Crippen LogP contribution in [0.25, 0.3) is 0 Å². The van der Waals surface area contributed by atoms with E-state index in [0.717, 1.165) is 13.2 Å². The highest BCUT2D eigenvalue weighted by Crippen LogP contribution is 2.30. The molecule has 0 aliphatic rings. The van der Waals surface area contributed by atoms with Gasteiger partial charge in [-0.15, -0.1) is 0 Å². The second-order valence-electron chi connectivity index (χ2n) is 2.73. The molecule has 0 saturated heterocycles. The maximum absolute atomic E-state index is 13.4. The highest BCUT2D eigenvalue weighted by Gasteiger charge is 2.29. The monoisotopic (exact) mass is 300 g/mol. The topological polar surface area (TPSA) is 26.3 Å². The van der Waals surface area contributed by atoms with Crippen molar-refractivity contribution in [2.75, 3.05) is 7.11 Å². The molecular weight excluding hydrogens is 296 g/mol. The van der Waals surface area contributed by atoms with Gasteiger partial charge in [-0.25, -0.2) is 17.6 Å². The lowest BCUT2D eigenvalue weighted by molar-refractivity contribution is 0.0668. The summed E-state index contributed by atoms with van der Waals surface area (Å²) in [5, 5.41) is 0. The van der Waals surface area contributed by atoms with Gasteiger partial charge < -0.3 is 4.74 Å². The van der Waals surface area contributed by atoms with Crippen LogP contribution in [0.15, 0.2) is 10.5 Å². The van der Waals surface area contributed by atoms with Gasteiger partial charge in [-0.1, -0.05) is 0 Å². The summed E-state index contributed by atoms with van der Waals surface area (Å²) in [6.07, 6.45) is -3.48. The molecule has 0 fully saturated rings. The van der Waals surface area contributed by atoms with E-state index in [9.17, 15) is 22.4 Å². The number of hydrogen-bond donors (Lipinski definition) is 0. The van der Waals surface area contributed by atoms with Gasteiger partial charge >= 0.3 is 6.43 Å². The predicted octanol–water partition coefficient (Wildman–Crippen LogP) is 3.18. The van der Waals surface area contributed by atoms with Crippen molar-refractivity contribution in [2.24, 2.45) is 0 Å². The van der Waals surface area contributed by atoms with E-state index >= 15 is 0 Å². The fourth-order valence-corrected chi connectivity index (χ4v) is 1.46. The summed E-state index contributed by atoms with van der Waals surface area (Å²) in [6, 6.07) is 0.910. The predicted molar refractivity (Wildman–Crippen MR) is 50.9 cm³/mol. The molecule has 88 valence electrons. The summed E-state index contributed by atoms with van der Waals surface area (Å²) in [5.41, 5.74) is -1.30. The molecule has 0 radical (unpaired) electrons. The number of halogens is 5. The van der Waals surface area contributed by atoms with Crippen molar-refractivity contribution in [2.45, 2.75) is 6.43 Å². The number of Topliss-reactive ketones (excluding diaryl/α,β-unsaturated/α-hetero) is 1. The van der Waals surface area contributed by atoms with Gasteiger partial charge in [0, 0.05) is 6.07 Å². The van der Waals surface area contributed by atoms with E-state index in [1.165, 1.54) is 0 Å². The molecule has 0 spiro atoms. The Hall–Kier alpha value is -1.11. The van der Waals surface area contributed by atoms with Crippen LogP contribution in [0.2, 0.25) is 0 Å². The Morgan fingerprint density at radius 1 is 1.38 bits per heavy atom. The molecule has 0 aliphatic heterocycles. The second-order valence-corrected chi connectivity index (χ2v) is 3.58. The molecule has 7 heteroatoms. The Morgan fingerprint density at radius 2 is 1.94 bits per heavy atom. The van der Waals surface area contributed by atoms with Crippen molar-refractivity contribution in [3.63, 3.8) is 0 Å². The molecule has 0 heterocycles. The van der Waals surface area contributed by atoms with Gasteiger partial charge in [0.25, 0.3) is 0 Å². The third-order valence-electron chi connectivity index (χ3n) is 1.79. The number of carbonyl (C=O) groups is 1. The van der Waals surface area contributed by atoms with Crippen molar-refractivity contribution in [3.05, 3.63) is 27.7 Å². The van der Waals surface area contributed by atoms with Gasteiger partial charge in [0.15, 0.2) is 17.4 Å². The number of benzene rings is 1. The Kier molecular flexibility index (Phi) is 3.90. The first-order valence-corrected chi connectivity index (χ1v) is 4.73. The molecule has 0 aromatic heterocycles. The van der Waals surface area contributed by atoms with Crippen LogP contribution in [-0.4, -0.2) is 19.3 Å². The summed E-state index contributed by atoms with van der Waals surface area (Å²) < 4.78 is 55.0. The fraction of sp³-hybridized carbons (Fsp3) is 0.222. The van der Waals surface area contributed by atoms with Crippen LogP contribution in [0.3, 0.4) is 0 Å². The van der Waals surface area contributed by atoms with E-state index in [1.54, 1.807) is 0 Å². The van der Waals surface area contributed by atoms with Crippen LogP contribution in [0, 0.1) is 11.6 Å². The van der Waals surface area contributed by atoms with Crippen molar-refractivity contribution >= 4 is 21.7 Å². The molecular formula is C9H5BrF4O2. The Labute approximate surface area is 96.3 Å². The number of ether oxygens (including phenoxy) is 1. The third kappa shape index (κ3) is 2.18. The van der Waals surface area contributed by atoms with E-state index in [2.05, 4.69) is 20.7 Å². The van der Waals surface area contributed by atoms with E-state index in [0.29, 0.717) is 0 Å². The van der Waals surface area contributed by atoms with Crippen LogP contribution < -0.4 is 4.74 Å². The number of carbonyl (C=O) groups excluding carboxylic acids is 1. The molecule has 0 atom stereocenters. The van der Waals surface area contributed by atoms with E-state index in [4.69, 9.17) is 0 Å². The summed E-state index contributed by atoms with van der Waals surface area (Å²) >= 11 is 2.67. The normalized spacial score (nSPS) is 10.7. The number of rotatable bonds is 3. The average Bonchev–Trinajstić information content (AvgIpc) is 2.23. The van der Waals surface area contributed by atoms with Crippen molar-refractivity contribution in [1.29, 1.82) is 0 Å². The summed E-state index contributed by atoms with van der Waals surface area (Å²) in [5.74, 6) is -5.22. The molecule has 0 saturated carbocycles. The Bertz CT molecular complexity index is 434. The lowest BCUT2D eigenvalue weighted by Crippen LogP contribution is -2.15. The van der Waals surface area contributed by atoms with E-state index in [-0.39, 0.29) is 4.47 Å². The average molecular weight is 301 g/mol. The number of methoxy groups -OCH3 is 1. The number of alkyl halides is 2. The molecule has 0 amide bonds. The van der Waals surface area contributed by atoms with Crippen LogP contribution >= 0.6 is 15.9 Å². The lowest BCUT2D eigenvalue weighted by Gasteiger charge is -2.09. The van der Waals surface area contributed by atoms with Crippen molar-refractivity contribution < 1.29 is 27.1 Å². The van der Waals surface area contributed by atoms with Crippen LogP contribution in [0.5, 0.6) is 5.75 Å². The van der Waals surface area contributed by atoms with Crippen LogP contribution in [0.4, 0.5) is 17.6 Å². The van der Waals surface area contributed by atoms with Crippen molar-refractivity contribution in [1.82, 2.24) is 0 Å². The minimum absolute atomic E-state index is 0.324. The van der Waals surface area contributed by atoms with Crippen molar-refractivity contribution in [3.8, 4) is 5.75 Å². The SMILES string of the molecule is COc1cc(Br)c(F)c(C(=O)C(F)F)c1F. The van der Waals surface area contributed by atoms with Crippen LogP contribution in [-0.2, 0) is 0 Å². The molecule has 0 bridgehead atoms. The Morgan fingerprint density at radius 3 is 2.38 bits per heavy atom. The van der Waals surface area contributed by atoms with Gasteiger partial charge in [-0.05, 0) is 15.9 Å². The first-order chi connectivity index (χ1) is 7.40. The molecule has 1 rings (SSSR count). The summed E-state index contributed by atoms with van der Waals surface area (Å²) in [4.78, 5) is 10.9. The zero-order valence-electron chi connectivity index (χ0n) is 7.86. The molecule has 0 unspecified atom stereocenters. The number of ketones is 1. The standard InChI is InChI=1S/C9H5BrF4O2/c1-16-4-2-3(10)6(11)5(7(4)12)8(15)9(13)14/h2,9H,1H3. The number of hydrogen-bond acceptors (Lipinski definition) is 2. The molecule has 2 nitrogen and oxygen atoms in total. The molecule has 0 aliphatic carbocycles. The highest BCUT2D eigenvalue weighted by atomic mass is 79.9. The summed E-state index contributed by atoms with van der Waals surface area (Å²) in [6.45, 7) is 0. The third-order valence-corrected chi connectivity index (χ3v) is 2.36. The summed E-state index contributed by atoms with van der Waals surface area (Å²) in [7, 11) is 1.07. The minimum atomic E-state index is -3.48. The van der Waals surface area contributed by atoms with Gasteiger partial charge in [-0.3, -0.25) is 4.79 Å². The first-order valence-electron chi connectivity index (χ1n) is 3.94. The molecule has 16 heavy (non-hydrogen) atoms. The largest absolute Gasteiger partial charge is 0.494 e. The second kappa shape index (κ2) is 4.82. The van der Waals surface area contributed by atoms with Gasteiger partial charge in [0.1, 0.15) is 5.56 Å². The zero-order chi connectivity index (χ0) is 12.5. The van der Waals surface area contributed by atoms with E-state index < -0.39 is 35.2 Å². The molecule has 1 aromatic carbocycles.